The minimum Gasteiger partial charge on any atom is -0.497 e. The predicted molar refractivity (Wildman–Crippen MR) is 96.2 cm³/mol. The molecule has 0 saturated carbocycles. The van der Waals surface area contributed by atoms with E-state index < -0.39 is 0 Å². The number of nitrogens with one attached hydrogen (secondary N) is 1. The molecule has 1 heterocycles. The van der Waals surface area contributed by atoms with Crippen molar-refractivity contribution in [3.63, 3.8) is 0 Å². The standard InChI is InChI=1S/C18H18N2O3S/c1-11-19-15-6-4-13(10-17(15)24-11)20-18(21)9-12-8-14(22-2)5-7-16(12)23-3/h4-8,10H,9H2,1-3H3,(H,20,21). The number of thiazole rings is 1. The zero-order valence-corrected chi connectivity index (χ0v) is 14.6. The van der Waals surface area contributed by atoms with E-state index in [9.17, 15) is 4.79 Å². The van der Waals surface area contributed by atoms with E-state index in [0.29, 0.717) is 11.5 Å². The van der Waals surface area contributed by atoms with Crippen molar-refractivity contribution in [2.75, 3.05) is 19.5 Å². The number of hydrogen-bond donors (Lipinski definition) is 1. The molecule has 0 spiro atoms. The Morgan fingerprint density at radius 2 is 2.00 bits per heavy atom. The minimum atomic E-state index is -0.109. The van der Waals surface area contributed by atoms with E-state index >= 15 is 0 Å². The summed E-state index contributed by atoms with van der Waals surface area (Å²) in [7, 11) is 3.18. The maximum absolute atomic E-state index is 12.4. The number of methoxy groups -OCH3 is 2. The average Bonchev–Trinajstić information content (AvgIpc) is 2.94. The van der Waals surface area contributed by atoms with Gasteiger partial charge in [-0.2, -0.15) is 0 Å². The molecule has 1 amide bonds. The lowest BCUT2D eigenvalue weighted by Gasteiger charge is -2.11. The van der Waals surface area contributed by atoms with E-state index in [2.05, 4.69) is 10.3 Å². The minimum absolute atomic E-state index is 0.109. The number of carbonyl (C=O) groups excluding carboxylic acids is 1. The van der Waals surface area contributed by atoms with Gasteiger partial charge in [0.15, 0.2) is 0 Å². The number of anilines is 1. The van der Waals surface area contributed by atoms with Crippen LogP contribution in [0.15, 0.2) is 36.4 Å². The molecule has 1 aromatic heterocycles. The first-order chi connectivity index (χ1) is 11.6. The number of benzene rings is 2. The highest BCUT2D eigenvalue weighted by atomic mass is 32.1. The molecular weight excluding hydrogens is 324 g/mol. The van der Waals surface area contributed by atoms with Gasteiger partial charge in [-0.3, -0.25) is 4.79 Å². The largest absolute Gasteiger partial charge is 0.497 e. The normalized spacial score (nSPS) is 10.6. The number of aryl methyl sites for hydroxylation is 1. The highest BCUT2D eigenvalue weighted by Gasteiger charge is 2.11. The number of amides is 1. The van der Waals surface area contributed by atoms with Crippen molar-refractivity contribution in [2.45, 2.75) is 13.3 Å². The van der Waals surface area contributed by atoms with Crippen LogP contribution < -0.4 is 14.8 Å². The zero-order valence-electron chi connectivity index (χ0n) is 13.8. The second kappa shape index (κ2) is 6.88. The van der Waals surface area contributed by atoms with Crippen LogP contribution >= 0.6 is 11.3 Å². The Morgan fingerprint density at radius 3 is 2.75 bits per heavy atom. The van der Waals surface area contributed by atoms with Crippen LogP contribution in [0.2, 0.25) is 0 Å². The van der Waals surface area contributed by atoms with Gasteiger partial charge in [0.1, 0.15) is 11.5 Å². The zero-order chi connectivity index (χ0) is 17.1. The van der Waals surface area contributed by atoms with Gasteiger partial charge in [-0.15, -0.1) is 11.3 Å². The second-order valence-corrected chi connectivity index (χ2v) is 6.55. The van der Waals surface area contributed by atoms with Gasteiger partial charge in [-0.1, -0.05) is 0 Å². The smallest absolute Gasteiger partial charge is 0.228 e. The van der Waals surface area contributed by atoms with Crippen LogP contribution in [-0.2, 0) is 11.2 Å². The van der Waals surface area contributed by atoms with Gasteiger partial charge in [0, 0.05) is 11.3 Å². The molecule has 0 aliphatic carbocycles. The van der Waals surface area contributed by atoms with Crippen LogP contribution in [0.5, 0.6) is 11.5 Å². The molecular formula is C18H18N2O3S. The number of aromatic nitrogens is 1. The summed E-state index contributed by atoms with van der Waals surface area (Å²) >= 11 is 1.61. The van der Waals surface area contributed by atoms with Crippen molar-refractivity contribution in [1.82, 2.24) is 4.98 Å². The third-order valence-electron chi connectivity index (χ3n) is 3.62. The molecule has 0 radical (unpaired) electrons. The molecule has 0 atom stereocenters. The molecule has 1 N–H and O–H groups in total. The van der Waals surface area contributed by atoms with E-state index in [4.69, 9.17) is 9.47 Å². The van der Waals surface area contributed by atoms with Crippen LogP contribution in [0.25, 0.3) is 10.2 Å². The fourth-order valence-corrected chi connectivity index (χ4v) is 3.38. The summed E-state index contributed by atoms with van der Waals surface area (Å²) in [6, 6.07) is 11.1. The SMILES string of the molecule is COc1ccc(OC)c(CC(=O)Nc2ccc3nc(C)sc3c2)c1. The lowest BCUT2D eigenvalue weighted by molar-refractivity contribution is -0.115. The van der Waals surface area contributed by atoms with E-state index in [-0.39, 0.29) is 12.3 Å². The summed E-state index contributed by atoms with van der Waals surface area (Å²) in [4.78, 5) is 16.8. The molecule has 6 heteroatoms. The Balaban J connectivity index is 1.77. The number of carbonyl (C=O) groups is 1. The molecule has 0 aliphatic rings. The van der Waals surface area contributed by atoms with Crippen molar-refractivity contribution in [3.05, 3.63) is 47.0 Å². The number of hydrogen-bond acceptors (Lipinski definition) is 5. The number of rotatable bonds is 5. The second-order valence-electron chi connectivity index (χ2n) is 5.32. The summed E-state index contributed by atoms with van der Waals surface area (Å²) in [5, 5.41) is 3.93. The quantitative estimate of drug-likeness (QED) is 0.766. The van der Waals surface area contributed by atoms with Crippen LogP contribution in [0.3, 0.4) is 0 Å². The Hall–Kier alpha value is -2.60. The lowest BCUT2D eigenvalue weighted by Crippen LogP contribution is -2.15. The van der Waals surface area contributed by atoms with Crippen molar-refractivity contribution in [3.8, 4) is 11.5 Å². The molecule has 0 saturated heterocycles. The maximum atomic E-state index is 12.4. The first-order valence-electron chi connectivity index (χ1n) is 7.47. The molecule has 0 unspecified atom stereocenters. The first kappa shape index (κ1) is 16.3. The number of fused-ring (bicyclic) bond motifs is 1. The van der Waals surface area contributed by atoms with E-state index in [0.717, 1.165) is 26.5 Å². The highest BCUT2D eigenvalue weighted by Crippen LogP contribution is 2.26. The number of nitrogens with zero attached hydrogens (tertiary/aromatic N) is 1. The summed E-state index contributed by atoms with van der Waals surface area (Å²) in [5.74, 6) is 1.25. The van der Waals surface area contributed by atoms with Crippen molar-refractivity contribution in [1.29, 1.82) is 0 Å². The Labute approximate surface area is 144 Å². The van der Waals surface area contributed by atoms with Gasteiger partial charge in [-0.25, -0.2) is 4.98 Å². The van der Waals surface area contributed by atoms with E-state index in [1.54, 1.807) is 37.7 Å². The van der Waals surface area contributed by atoms with Crippen LogP contribution in [0.4, 0.5) is 5.69 Å². The Bertz CT molecular complexity index is 889. The Morgan fingerprint density at radius 1 is 1.17 bits per heavy atom. The molecule has 3 aromatic rings. The molecule has 0 bridgehead atoms. The first-order valence-corrected chi connectivity index (χ1v) is 8.28. The fraction of sp³-hybridized carbons (Fsp3) is 0.222. The van der Waals surface area contributed by atoms with Crippen molar-refractivity contribution in [2.24, 2.45) is 0 Å². The molecule has 5 nitrogen and oxygen atoms in total. The average molecular weight is 342 g/mol. The molecule has 2 aromatic carbocycles. The van der Waals surface area contributed by atoms with Gasteiger partial charge in [0.2, 0.25) is 5.91 Å². The van der Waals surface area contributed by atoms with Crippen LogP contribution in [0, 0.1) is 6.92 Å². The van der Waals surface area contributed by atoms with Crippen LogP contribution in [0.1, 0.15) is 10.6 Å². The molecule has 0 fully saturated rings. The molecule has 24 heavy (non-hydrogen) atoms. The van der Waals surface area contributed by atoms with Crippen LogP contribution in [-0.4, -0.2) is 25.1 Å². The van der Waals surface area contributed by atoms with Crippen molar-refractivity contribution >= 4 is 33.1 Å². The van der Waals surface area contributed by atoms with Gasteiger partial charge >= 0.3 is 0 Å². The van der Waals surface area contributed by atoms with E-state index in [1.807, 2.05) is 31.2 Å². The summed E-state index contributed by atoms with van der Waals surface area (Å²) in [6.45, 7) is 1.97. The monoisotopic (exact) mass is 342 g/mol. The molecule has 124 valence electrons. The lowest BCUT2D eigenvalue weighted by atomic mass is 10.1. The highest BCUT2D eigenvalue weighted by molar-refractivity contribution is 7.18. The number of ether oxygens (including phenoxy) is 2. The fourth-order valence-electron chi connectivity index (χ4n) is 2.52. The third kappa shape index (κ3) is 3.49. The van der Waals surface area contributed by atoms with Gasteiger partial charge in [-0.05, 0) is 43.3 Å². The maximum Gasteiger partial charge on any atom is 0.228 e. The molecule has 0 aliphatic heterocycles. The van der Waals surface area contributed by atoms with Gasteiger partial charge in [0.05, 0.1) is 35.9 Å². The summed E-state index contributed by atoms with van der Waals surface area (Å²) in [5.41, 5.74) is 2.49. The predicted octanol–water partition coefficient (Wildman–Crippen LogP) is 3.80. The summed E-state index contributed by atoms with van der Waals surface area (Å²) in [6.07, 6.45) is 0.208. The topological polar surface area (TPSA) is 60.5 Å². The third-order valence-corrected chi connectivity index (χ3v) is 4.55. The Kier molecular flexibility index (Phi) is 4.66. The van der Waals surface area contributed by atoms with Gasteiger partial charge < -0.3 is 14.8 Å². The van der Waals surface area contributed by atoms with Crippen molar-refractivity contribution < 1.29 is 14.3 Å². The molecule has 3 rings (SSSR count). The summed E-state index contributed by atoms with van der Waals surface area (Å²) < 4.78 is 11.6. The van der Waals surface area contributed by atoms with E-state index in [1.165, 1.54) is 0 Å². The van der Waals surface area contributed by atoms with Gasteiger partial charge in [0.25, 0.3) is 0 Å².